The second-order valence-electron chi connectivity index (χ2n) is 7.49. The van der Waals surface area contributed by atoms with Crippen molar-refractivity contribution in [3.8, 4) is 0 Å². The summed E-state index contributed by atoms with van der Waals surface area (Å²) in [6, 6.07) is 12.6. The first-order valence-electron chi connectivity index (χ1n) is 9.63. The number of hydrogen-bond donors (Lipinski definition) is 1. The van der Waals surface area contributed by atoms with E-state index < -0.39 is 30.4 Å². The molecule has 2 heterocycles. The number of carbonyl (C=O) groups is 4. The standard InChI is InChI=1S/C23H20N2O5/c1-13(2)20(25-21(27)15-8-3-4-9-16(15)22(25)28)23(29)30-12-19(26)17-11-24-18-10-6-5-7-14(17)18/h3-11,13,20,24H,12H2,1-2H3/t20-/m0/s1. The summed E-state index contributed by atoms with van der Waals surface area (Å²) in [5.74, 6) is -2.61. The lowest BCUT2D eigenvalue weighted by Crippen LogP contribution is -2.49. The number of nitrogens with one attached hydrogen (secondary N) is 1. The molecule has 2 amide bonds. The molecular weight excluding hydrogens is 384 g/mol. The van der Waals surface area contributed by atoms with E-state index in [1.807, 2.05) is 18.2 Å². The van der Waals surface area contributed by atoms with Gasteiger partial charge >= 0.3 is 5.97 Å². The lowest BCUT2D eigenvalue weighted by atomic mass is 10.0. The van der Waals surface area contributed by atoms with Crippen molar-refractivity contribution in [2.24, 2.45) is 5.92 Å². The summed E-state index contributed by atoms with van der Waals surface area (Å²) in [4.78, 5) is 54.9. The Bertz CT molecular complexity index is 1140. The van der Waals surface area contributed by atoms with E-state index in [1.54, 1.807) is 50.4 Å². The van der Waals surface area contributed by atoms with Crippen LogP contribution < -0.4 is 0 Å². The highest BCUT2D eigenvalue weighted by Crippen LogP contribution is 2.28. The number of ether oxygens (including phenoxy) is 1. The number of amides is 2. The number of nitrogens with zero attached hydrogens (tertiary/aromatic N) is 1. The van der Waals surface area contributed by atoms with Crippen LogP contribution in [0.1, 0.15) is 44.9 Å². The number of aromatic nitrogens is 1. The van der Waals surface area contributed by atoms with E-state index in [9.17, 15) is 19.2 Å². The molecule has 1 aliphatic heterocycles. The summed E-state index contributed by atoms with van der Waals surface area (Å²) in [6.45, 7) is 2.96. The molecule has 0 saturated carbocycles. The molecule has 2 aromatic carbocycles. The van der Waals surface area contributed by atoms with E-state index in [1.165, 1.54) is 0 Å². The van der Waals surface area contributed by atoms with E-state index in [-0.39, 0.29) is 22.8 Å². The Labute approximate surface area is 172 Å². The van der Waals surface area contributed by atoms with Crippen LogP contribution in [0.4, 0.5) is 0 Å². The zero-order valence-corrected chi connectivity index (χ0v) is 16.5. The zero-order chi connectivity index (χ0) is 21.4. The van der Waals surface area contributed by atoms with Gasteiger partial charge in [-0.05, 0) is 24.1 Å². The number of imide groups is 1. The Kier molecular flexibility index (Phi) is 4.95. The maximum Gasteiger partial charge on any atom is 0.330 e. The van der Waals surface area contributed by atoms with Crippen LogP contribution in [0.2, 0.25) is 0 Å². The number of ketones is 1. The molecule has 152 valence electrons. The van der Waals surface area contributed by atoms with E-state index in [0.29, 0.717) is 5.56 Å². The Balaban J connectivity index is 1.52. The van der Waals surface area contributed by atoms with Crippen LogP contribution >= 0.6 is 0 Å². The maximum atomic E-state index is 12.8. The van der Waals surface area contributed by atoms with Crippen LogP contribution in [-0.4, -0.2) is 46.1 Å². The molecule has 7 nitrogen and oxygen atoms in total. The molecule has 3 aromatic rings. The van der Waals surface area contributed by atoms with Gasteiger partial charge in [0.25, 0.3) is 11.8 Å². The smallest absolute Gasteiger partial charge is 0.330 e. The summed E-state index contributed by atoms with van der Waals surface area (Å²) < 4.78 is 5.26. The molecule has 0 spiro atoms. The summed E-state index contributed by atoms with van der Waals surface area (Å²) in [5.41, 5.74) is 1.74. The summed E-state index contributed by atoms with van der Waals surface area (Å²) >= 11 is 0. The van der Waals surface area contributed by atoms with Crippen LogP contribution in [0, 0.1) is 5.92 Å². The number of H-pyrrole nitrogens is 1. The van der Waals surface area contributed by atoms with E-state index >= 15 is 0 Å². The minimum atomic E-state index is -1.12. The van der Waals surface area contributed by atoms with Crippen LogP contribution in [-0.2, 0) is 9.53 Å². The molecule has 7 heteroatoms. The second kappa shape index (κ2) is 7.59. The second-order valence-corrected chi connectivity index (χ2v) is 7.49. The number of Topliss-reactive ketones (excluding diaryl/α,β-unsaturated/α-hetero) is 1. The average Bonchev–Trinajstić information content (AvgIpc) is 3.28. The molecule has 0 saturated heterocycles. The average molecular weight is 404 g/mol. The van der Waals surface area contributed by atoms with Gasteiger partial charge in [-0.3, -0.25) is 19.3 Å². The van der Waals surface area contributed by atoms with Gasteiger partial charge < -0.3 is 9.72 Å². The van der Waals surface area contributed by atoms with Gasteiger partial charge in [-0.2, -0.15) is 0 Å². The minimum Gasteiger partial charge on any atom is -0.456 e. The number of fused-ring (bicyclic) bond motifs is 2. The molecule has 0 radical (unpaired) electrons. The minimum absolute atomic E-state index is 0.260. The van der Waals surface area contributed by atoms with Crippen molar-refractivity contribution in [3.63, 3.8) is 0 Å². The Morgan fingerprint density at radius 3 is 2.20 bits per heavy atom. The van der Waals surface area contributed by atoms with Crippen molar-refractivity contribution in [2.45, 2.75) is 19.9 Å². The molecular formula is C23H20N2O5. The van der Waals surface area contributed by atoms with Crippen molar-refractivity contribution in [1.29, 1.82) is 0 Å². The Morgan fingerprint density at radius 1 is 0.967 bits per heavy atom. The third kappa shape index (κ3) is 3.18. The molecule has 1 aromatic heterocycles. The van der Waals surface area contributed by atoms with Crippen LogP contribution in [0.25, 0.3) is 10.9 Å². The number of esters is 1. The van der Waals surface area contributed by atoms with Gasteiger partial charge in [0.05, 0.1) is 11.1 Å². The van der Waals surface area contributed by atoms with E-state index in [4.69, 9.17) is 4.74 Å². The van der Waals surface area contributed by atoms with Crippen molar-refractivity contribution in [1.82, 2.24) is 9.88 Å². The SMILES string of the molecule is CC(C)[C@@H](C(=O)OCC(=O)c1c[nH]c2ccccc12)N1C(=O)c2ccccc2C1=O. The van der Waals surface area contributed by atoms with Gasteiger partial charge in [0.1, 0.15) is 6.04 Å². The lowest BCUT2D eigenvalue weighted by Gasteiger charge is -2.27. The monoisotopic (exact) mass is 404 g/mol. The molecule has 0 unspecified atom stereocenters. The fourth-order valence-corrected chi connectivity index (χ4v) is 3.74. The highest BCUT2D eigenvalue weighted by Gasteiger charge is 2.44. The number of hydrogen-bond acceptors (Lipinski definition) is 5. The van der Waals surface area contributed by atoms with Crippen molar-refractivity contribution in [3.05, 3.63) is 71.4 Å². The number of para-hydroxylation sites is 1. The number of aromatic amines is 1. The van der Waals surface area contributed by atoms with Gasteiger partial charge in [-0.1, -0.05) is 44.2 Å². The Morgan fingerprint density at radius 2 is 1.57 bits per heavy atom. The predicted molar refractivity (Wildman–Crippen MR) is 109 cm³/mol. The Hall–Kier alpha value is -3.74. The van der Waals surface area contributed by atoms with E-state index in [0.717, 1.165) is 15.8 Å². The number of benzene rings is 2. The molecule has 0 fully saturated rings. The third-order valence-corrected chi connectivity index (χ3v) is 5.21. The normalized spacial score (nSPS) is 14.3. The van der Waals surface area contributed by atoms with Crippen LogP contribution in [0.3, 0.4) is 0 Å². The fourth-order valence-electron chi connectivity index (χ4n) is 3.74. The summed E-state index contributed by atoms with van der Waals surface area (Å²) in [5, 5.41) is 0.735. The molecule has 1 N–H and O–H groups in total. The number of rotatable bonds is 6. The van der Waals surface area contributed by atoms with Gasteiger partial charge in [0.15, 0.2) is 6.61 Å². The summed E-state index contributed by atoms with van der Waals surface area (Å²) in [7, 11) is 0. The highest BCUT2D eigenvalue weighted by atomic mass is 16.5. The first-order valence-corrected chi connectivity index (χ1v) is 9.63. The van der Waals surface area contributed by atoms with Crippen LogP contribution in [0.5, 0.6) is 0 Å². The quantitative estimate of drug-likeness (QED) is 0.387. The van der Waals surface area contributed by atoms with Gasteiger partial charge in [0, 0.05) is 22.7 Å². The van der Waals surface area contributed by atoms with Gasteiger partial charge in [0.2, 0.25) is 5.78 Å². The van der Waals surface area contributed by atoms with Crippen molar-refractivity contribution >= 4 is 34.5 Å². The van der Waals surface area contributed by atoms with E-state index in [2.05, 4.69) is 4.98 Å². The molecule has 30 heavy (non-hydrogen) atoms. The molecule has 0 aliphatic carbocycles. The zero-order valence-electron chi connectivity index (χ0n) is 16.5. The largest absolute Gasteiger partial charge is 0.456 e. The number of carbonyl (C=O) groups excluding carboxylic acids is 4. The first-order chi connectivity index (χ1) is 14.4. The van der Waals surface area contributed by atoms with Gasteiger partial charge in [-0.15, -0.1) is 0 Å². The topological polar surface area (TPSA) is 96.5 Å². The first kappa shape index (κ1) is 19.6. The third-order valence-electron chi connectivity index (χ3n) is 5.21. The molecule has 0 bridgehead atoms. The maximum absolute atomic E-state index is 12.8. The van der Waals surface area contributed by atoms with Crippen molar-refractivity contribution in [2.75, 3.05) is 6.61 Å². The fraction of sp³-hybridized carbons (Fsp3) is 0.217. The van der Waals surface area contributed by atoms with Crippen molar-refractivity contribution < 1.29 is 23.9 Å². The van der Waals surface area contributed by atoms with Gasteiger partial charge in [-0.25, -0.2) is 4.79 Å². The highest BCUT2D eigenvalue weighted by molar-refractivity contribution is 6.22. The molecule has 1 aliphatic rings. The molecule has 4 rings (SSSR count). The van der Waals surface area contributed by atoms with Crippen LogP contribution in [0.15, 0.2) is 54.7 Å². The lowest BCUT2D eigenvalue weighted by molar-refractivity contribution is -0.148. The summed E-state index contributed by atoms with van der Waals surface area (Å²) in [6.07, 6.45) is 1.57. The predicted octanol–water partition coefficient (Wildman–Crippen LogP) is 3.21. The molecule has 1 atom stereocenters.